The maximum Gasteiger partial charge on any atom is 0.344 e. The molecule has 2 amide bonds. The van der Waals surface area contributed by atoms with Gasteiger partial charge in [-0.1, -0.05) is 59.6 Å². The van der Waals surface area contributed by atoms with Crippen molar-refractivity contribution in [3.8, 4) is 28.5 Å². The summed E-state index contributed by atoms with van der Waals surface area (Å²) >= 11 is 12.0. The van der Waals surface area contributed by atoms with Crippen LogP contribution in [0.25, 0.3) is 44.8 Å². The van der Waals surface area contributed by atoms with Crippen molar-refractivity contribution in [2.75, 3.05) is 23.8 Å². The highest BCUT2D eigenvalue weighted by atomic mass is 35.5. The average molecular weight is 840 g/mol. The van der Waals surface area contributed by atoms with Crippen molar-refractivity contribution in [1.29, 1.82) is 0 Å². The number of halogens is 2. The fourth-order valence-electron chi connectivity index (χ4n) is 6.65. The van der Waals surface area contributed by atoms with Crippen LogP contribution in [0.4, 0.5) is 11.4 Å². The highest BCUT2D eigenvalue weighted by Crippen LogP contribution is 2.31. The number of imidazole rings is 2. The molecule has 0 spiro atoms. The molecule has 0 aliphatic carbocycles. The number of H-pyrrole nitrogens is 2. The van der Waals surface area contributed by atoms with E-state index in [2.05, 4.69) is 25.6 Å². The Kier molecular flexibility index (Phi) is 12.6. The van der Waals surface area contributed by atoms with E-state index in [-0.39, 0.29) is 18.4 Å². The first-order valence-corrected chi connectivity index (χ1v) is 19.8. The summed E-state index contributed by atoms with van der Waals surface area (Å²) in [7, 11) is 0. The zero-order chi connectivity index (χ0) is 42.3. The van der Waals surface area contributed by atoms with E-state index in [1.807, 2.05) is 75.4 Å². The Hall–Kier alpha value is -6.95. The SMILES string of the molecule is CCOC(=O)COc1cc(C)c(-c2nc3ccc(C(=O)Nc4cccc(Cl)c4)cc3[nH]2)c(C)c1.Cc1ccccc1-c1nc2ccc(C(=O)Nc3cccc(Cl)c3)cc2[nH]1. The summed E-state index contributed by atoms with van der Waals surface area (Å²) in [6.07, 6.45) is 0. The van der Waals surface area contributed by atoms with Gasteiger partial charge in [0, 0.05) is 43.7 Å². The van der Waals surface area contributed by atoms with Crippen LogP contribution in [0.5, 0.6) is 5.75 Å². The number of carbonyl (C=O) groups excluding carboxylic acids is 3. The monoisotopic (exact) mass is 838 g/mol. The molecule has 0 atom stereocenters. The first-order valence-electron chi connectivity index (χ1n) is 19.0. The molecule has 6 aromatic carbocycles. The predicted octanol–water partition coefficient (Wildman–Crippen LogP) is 11.1. The molecule has 8 aromatic rings. The number of hydrogen-bond donors (Lipinski definition) is 4. The van der Waals surface area contributed by atoms with Crippen LogP contribution in [0.15, 0.2) is 121 Å². The van der Waals surface area contributed by atoms with Crippen molar-refractivity contribution in [3.63, 3.8) is 0 Å². The minimum absolute atomic E-state index is 0.142. The van der Waals surface area contributed by atoms with E-state index in [0.29, 0.717) is 50.7 Å². The predicted molar refractivity (Wildman–Crippen MR) is 238 cm³/mol. The molecule has 0 aliphatic rings. The van der Waals surface area contributed by atoms with Crippen molar-refractivity contribution in [2.45, 2.75) is 27.7 Å². The normalized spacial score (nSPS) is 10.8. The third-order valence-corrected chi connectivity index (χ3v) is 9.93. The number of fused-ring (bicyclic) bond motifs is 2. The largest absolute Gasteiger partial charge is 0.482 e. The summed E-state index contributed by atoms with van der Waals surface area (Å²) in [5.74, 6) is 1.23. The fraction of sp³-hybridized carbons (Fsp3) is 0.128. The molecule has 8 rings (SSSR count). The zero-order valence-electron chi connectivity index (χ0n) is 33.2. The highest BCUT2D eigenvalue weighted by molar-refractivity contribution is 6.31. The number of aromatic amines is 2. The molecule has 0 radical (unpaired) electrons. The number of benzene rings is 6. The third kappa shape index (κ3) is 9.83. The van der Waals surface area contributed by atoms with E-state index in [1.165, 1.54) is 0 Å². The Labute approximate surface area is 356 Å². The van der Waals surface area contributed by atoms with Gasteiger partial charge >= 0.3 is 5.97 Å². The van der Waals surface area contributed by atoms with Crippen LogP contribution in [0.3, 0.4) is 0 Å². The van der Waals surface area contributed by atoms with E-state index < -0.39 is 5.97 Å². The highest BCUT2D eigenvalue weighted by Gasteiger charge is 2.16. The van der Waals surface area contributed by atoms with Crippen molar-refractivity contribution >= 4 is 74.4 Å². The Morgan fingerprint density at radius 1 is 0.617 bits per heavy atom. The quantitative estimate of drug-likeness (QED) is 0.100. The molecular formula is C47H40Cl2N6O5. The lowest BCUT2D eigenvalue weighted by atomic mass is 10.0. The number of hydrogen-bond acceptors (Lipinski definition) is 7. The van der Waals surface area contributed by atoms with Crippen molar-refractivity contribution in [1.82, 2.24) is 19.9 Å². The molecule has 4 N–H and O–H groups in total. The number of rotatable bonds is 10. The van der Waals surface area contributed by atoms with Gasteiger partial charge in [0.2, 0.25) is 0 Å². The Balaban J connectivity index is 0.000000188. The summed E-state index contributed by atoms with van der Waals surface area (Å²) in [6, 6.07) is 36.6. The van der Waals surface area contributed by atoms with E-state index in [4.69, 9.17) is 37.7 Å². The number of esters is 1. The molecule has 60 heavy (non-hydrogen) atoms. The van der Waals surface area contributed by atoms with E-state index in [1.54, 1.807) is 73.7 Å². The van der Waals surface area contributed by atoms with Crippen LogP contribution in [-0.2, 0) is 9.53 Å². The fourth-order valence-corrected chi connectivity index (χ4v) is 7.03. The van der Waals surface area contributed by atoms with Crippen LogP contribution in [-0.4, -0.2) is 50.9 Å². The molecule has 0 saturated carbocycles. The van der Waals surface area contributed by atoms with Crippen LogP contribution >= 0.6 is 23.2 Å². The number of anilines is 2. The van der Waals surface area contributed by atoms with Gasteiger partial charge in [-0.3, -0.25) is 9.59 Å². The molecule has 0 aliphatic heterocycles. The Bertz CT molecular complexity index is 2860. The van der Waals surface area contributed by atoms with E-state index in [9.17, 15) is 14.4 Å². The van der Waals surface area contributed by atoms with Crippen LogP contribution < -0.4 is 15.4 Å². The second-order valence-corrected chi connectivity index (χ2v) is 14.8. The molecule has 0 saturated heterocycles. The first kappa shape index (κ1) is 41.2. The summed E-state index contributed by atoms with van der Waals surface area (Å²) in [5.41, 5.74) is 10.5. The van der Waals surface area contributed by atoms with Crippen LogP contribution in [0.2, 0.25) is 10.0 Å². The van der Waals surface area contributed by atoms with Gasteiger partial charge in [0.15, 0.2) is 6.61 Å². The number of amides is 2. The maximum absolute atomic E-state index is 12.7. The Morgan fingerprint density at radius 3 is 1.68 bits per heavy atom. The van der Waals surface area contributed by atoms with E-state index >= 15 is 0 Å². The lowest BCUT2D eigenvalue weighted by Crippen LogP contribution is -2.14. The number of aryl methyl sites for hydroxylation is 3. The number of nitrogens with one attached hydrogen (secondary N) is 4. The molecule has 302 valence electrons. The lowest BCUT2D eigenvalue weighted by molar-refractivity contribution is -0.145. The Morgan fingerprint density at radius 2 is 1.15 bits per heavy atom. The molecule has 0 fully saturated rings. The van der Waals surface area contributed by atoms with Gasteiger partial charge in [-0.2, -0.15) is 0 Å². The standard InChI is InChI=1S/C26H24ClN3O4.C21H16ClN3O/c1-4-33-23(31)14-34-20-10-15(2)24(16(3)11-20)25-29-21-9-8-17(12-22(21)30-25)26(32)28-19-7-5-6-18(27)13-19;1-13-5-2-3-8-17(13)20-24-18-10-9-14(11-19(18)25-20)21(26)23-16-7-4-6-15(22)12-16/h5-13H,4,14H2,1-3H3,(H,28,32)(H,29,30);2-12H,1H3,(H,23,26)(H,24,25). The number of carbonyl (C=O) groups is 3. The minimum atomic E-state index is -0.408. The second kappa shape index (κ2) is 18.3. The van der Waals surface area contributed by atoms with Gasteiger partial charge in [0.05, 0.1) is 28.7 Å². The van der Waals surface area contributed by atoms with Gasteiger partial charge < -0.3 is 30.1 Å². The van der Waals surface area contributed by atoms with Crippen molar-refractivity contribution in [2.24, 2.45) is 0 Å². The molecule has 11 nitrogen and oxygen atoms in total. The van der Waals surface area contributed by atoms with Crippen molar-refractivity contribution in [3.05, 3.63) is 159 Å². The smallest absolute Gasteiger partial charge is 0.344 e. The molecule has 0 unspecified atom stereocenters. The van der Waals surface area contributed by atoms with Gasteiger partial charge in [-0.05, 0) is 129 Å². The topological polar surface area (TPSA) is 151 Å². The maximum atomic E-state index is 12.7. The van der Waals surface area contributed by atoms with Gasteiger partial charge in [-0.15, -0.1) is 0 Å². The first-order chi connectivity index (χ1) is 28.9. The summed E-state index contributed by atoms with van der Waals surface area (Å²) in [5, 5.41) is 6.83. The summed E-state index contributed by atoms with van der Waals surface area (Å²) in [4.78, 5) is 52.8. The van der Waals surface area contributed by atoms with Crippen LogP contribution in [0.1, 0.15) is 44.3 Å². The molecule has 2 aromatic heterocycles. The van der Waals surface area contributed by atoms with Crippen LogP contribution in [0, 0.1) is 20.8 Å². The minimum Gasteiger partial charge on any atom is -0.482 e. The third-order valence-electron chi connectivity index (χ3n) is 9.46. The van der Waals surface area contributed by atoms with Gasteiger partial charge in [-0.25, -0.2) is 14.8 Å². The molecular weight excluding hydrogens is 799 g/mol. The summed E-state index contributed by atoms with van der Waals surface area (Å²) < 4.78 is 10.5. The second-order valence-electron chi connectivity index (χ2n) is 13.9. The van der Waals surface area contributed by atoms with Crippen molar-refractivity contribution < 1.29 is 23.9 Å². The molecule has 0 bridgehead atoms. The zero-order valence-corrected chi connectivity index (χ0v) is 34.7. The molecule has 13 heteroatoms. The summed E-state index contributed by atoms with van der Waals surface area (Å²) in [6.45, 7) is 7.88. The lowest BCUT2D eigenvalue weighted by Gasteiger charge is -2.12. The number of nitrogens with zero attached hydrogens (tertiary/aromatic N) is 2. The number of aromatic nitrogens is 4. The average Bonchev–Trinajstić information content (AvgIpc) is 3.84. The van der Waals surface area contributed by atoms with E-state index in [0.717, 1.165) is 55.7 Å². The van der Waals surface area contributed by atoms with Gasteiger partial charge in [0.25, 0.3) is 11.8 Å². The van der Waals surface area contributed by atoms with Gasteiger partial charge in [0.1, 0.15) is 17.4 Å². The number of ether oxygens (including phenoxy) is 2. The molecule has 2 heterocycles.